The van der Waals surface area contributed by atoms with E-state index >= 15 is 0 Å². The monoisotopic (exact) mass is 648 g/mol. The van der Waals surface area contributed by atoms with Crippen LogP contribution in [0.25, 0.3) is 11.1 Å². The van der Waals surface area contributed by atoms with E-state index in [0.29, 0.717) is 50.5 Å². The van der Waals surface area contributed by atoms with Crippen molar-refractivity contribution in [3.63, 3.8) is 0 Å². The third-order valence-electron chi connectivity index (χ3n) is 7.18. The van der Waals surface area contributed by atoms with Gasteiger partial charge >= 0.3 is 5.97 Å². The number of aromatic nitrogens is 1. The predicted octanol–water partition coefficient (Wildman–Crippen LogP) is 8.21. The number of carbonyl (C=O) groups is 1. The molecule has 10 heteroatoms. The second-order valence-electron chi connectivity index (χ2n) is 9.95. The molecule has 1 aromatic heterocycles. The molecule has 1 heterocycles. The number of para-hydroxylation sites is 1. The number of esters is 1. The van der Waals surface area contributed by atoms with E-state index in [1.54, 1.807) is 69.1 Å². The first-order valence-corrected chi connectivity index (χ1v) is 14.6. The van der Waals surface area contributed by atoms with Gasteiger partial charge < -0.3 is 25.0 Å². The lowest BCUT2D eigenvalue weighted by atomic mass is 10.0. The van der Waals surface area contributed by atoms with Gasteiger partial charge in [-0.05, 0) is 58.7 Å². The van der Waals surface area contributed by atoms with Crippen molar-refractivity contribution in [2.45, 2.75) is 19.1 Å². The molecule has 0 radical (unpaired) electrons. The van der Waals surface area contributed by atoms with E-state index in [1.807, 2.05) is 42.5 Å². The summed E-state index contributed by atoms with van der Waals surface area (Å²) in [5, 5.41) is 3.97. The largest absolute Gasteiger partial charge is 0.870 e. The van der Waals surface area contributed by atoms with Crippen LogP contribution in [0.15, 0.2) is 103 Å². The van der Waals surface area contributed by atoms with Gasteiger partial charge in [0, 0.05) is 18.5 Å². The van der Waals surface area contributed by atoms with Gasteiger partial charge in [0.25, 0.3) is 0 Å². The smallest absolute Gasteiger partial charge is 0.338 e. The first-order chi connectivity index (χ1) is 21.4. The summed E-state index contributed by atoms with van der Waals surface area (Å²) in [4.78, 5) is 16.3. The second kappa shape index (κ2) is 15.4. The standard InChI is InChI=1S/C35H29Cl2FN2O4.H2O/c1-42-32-16-15-26(17-34(32)43-2)33(18-27-28(36)20-39-21-29(27)37)44-35(41)25-13-11-24(12-14-25)23-9-7-22(8-10-23)19-40-31-6-4-3-5-30(31)38;/h3-17,20-21,33,40H,18-19H2,1-2H3;1H2/t33-;/m0./s1. The van der Waals surface area contributed by atoms with Crippen LogP contribution in [-0.2, 0) is 17.7 Å². The molecule has 0 aliphatic rings. The molecule has 0 saturated heterocycles. The van der Waals surface area contributed by atoms with Crippen LogP contribution in [0.2, 0.25) is 10.0 Å². The maximum Gasteiger partial charge on any atom is 0.338 e. The third-order valence-corrected chi connectivity index (χ3v) is 7.85. The maximum atomic E-state index is 13.9. The number of methoxy groups -OCH3 is 2. The lowest BCUT2D eigenvalue weighted by Crippen LogP contribution is -2.15. The summed E-state index contributed by atoms with van der Waals surface area (Å²) in [7, 11) is 3.10. The van der Waals surface area contributed by atoms with Crippen molar-refractivity contribution in [1.82, 2.24) is 0 Å². The molecule has 0 bridgehead atoms. The van der Waals surface area contributed by atoms with E-state index < -0.39 is 12.1 Å². The number of anilines is 1. The lowest BCUT2D eigenvalue weighted by Gasteiger charge is -2.20. The van der Waals surface area contributed by atoms with Crippen molar-refractivity contribution in [3.8, 4) is 22.6 Å². The summed E-state index contributed by atoms with van der Waals surface area (Å²) < 4.78 is 30.8. The minimum Gasteiger partial charge on any atom is -0.870 e. The Labute approximate surface area is 270 Å². The Morgan fingerprint density at radius 1 is 0.844 bits per heavy atom. The molecule has 0 amide bonds. The molecule has 5 rings (SSSR count). The Morgan fingerprint density at radius 3 is 2.09 bits per heavy atom. The zero-order valence-electron chi connectivity index (χ0n) is 24.5. The van der Waals surface area contributed by atoms with Gasteiger partial charge in [-0.25, -0.2) is 14.2 Å². The van der Waals surface area contributed by atoms with Gasteiger partial charge in [-0.3, -0.25) is 0 Å². The van der Waals surface area contributed by atoms with Crippen LogP contribution < -0.4 is 19.8 Å². The molecule has 7 nitrogen and oxygen atoms in total. The number of carbonyl (C=O) groups excluding carboxylic acids is 1. The number of nitrogens with one attached hydrogen (secondary N) is 2. The molecule has 45 heavy (non-hydrogen) atoms. The second-order valence-corrected chi connectivity index (χ2v) is 10.8. The van der Waals surface area contributed by atoms with Crippen molar-refractivity contribution >= 4 is 34.9 Å². The normalized spacial score (nSPS) is 11.2. The summed E-state index contributed by atoms with van der Waals surface area (Å²) in [5.41, 5.74) is 5.11. The Bertz CT molecular complexity index is 1730. The fraction of sp³-hybridized carbons (Fsp3) is 0.143. The summed E-state index contributed by atoms with van der Waals surface area (Å²) in [6.07, 6.45) is 2.77. The van der Waals surface area contributed by atoms with Crippen LogP contribution in [0.4, 0.5) is 10.1 Å². The molecule has 5 aromatic rings. The number of pyridine rings is 1. The van der Waals surface area contributed by atoms with E-state index in [0.717, 1.165) is 16.7 Å². The number of H-pyrrole nitrogens is 1. The number of ether oxygens (including phenoxy) is 3. The Kier molecular flexibility index (Phi) is 11.4. The van der Waals surface area contributed by atoms with Crippen molar-refractivity contribution in [2.75, 3.05) is 19.5 Å². The number of benzene rings is 4. The number of hydrogen-bond donors (Lipinski definition) is 1. The highest BCUT2D eigenvalue weighted by atomic mass is 35.5. The van der Waals surface area contributed by atoms with Crippen molar-refractivity contribution < 1.29 is 33.9 Å². The molecule has 0 aliphatic carbocycles. The number of hydrogen-bond acceptors (Lipinski definition) is 6. The van der Waals surface area contributed by atoms with E-state index in [4.69, 9.17) is 37.4 Å². The van der Waals surface area contributed by atoms with Gasteiger partial charge in [0.05, 0.1) is 25.5 Å². The van der Waals surface area contributed by atoms with Crippen LogP contribution in [0.5, 0.6) is 11.5 Å². The summed E-state index contributed by atoms with van der Waals surface area (Å²) in [6, 6.07) is 27.1. The fourth-order valence-electron chi connectivity index (χ4n) is 4.75. The summed E-state index contributed by atoms with van der Waals surface area (Å²) >= 11 is 12.9. The molecule has 232 valence electrons. The highest BCUT2D eigenvalue weighted by molar-refractivity contribution is 6.35. The lowest BCUT2D eigenvalue weighted by molar-refractivity contribution is -0.377. The van der Waals surface area contributed by atoms with Crippen LogP contribution in [-0.4, -0.2) is 25.7 Å². The van der Waals surface area contributed by atoms with Gasteiger partial charge in [0.1, 0.15) is 22.0 Å². The molecule has 0 unspecified atom stereocenters. The van der Waals surface area contributed by atoms with Crippen LogP contribution in [0.1, 0.15) is 33.2 Å². The molecular weight excluding hydrogens is 618 g/mol. The molecule has 3 N–H and O–H groups in total. The Balaban J connectivity index is 0.00000461. The van der Waals surface area contributed by atoms with E-state index in [-0.39, 0.29) is 17.7 Å². The fourth-order valence-corrected chi connectivity index (χ4v) is 5.28. The topological polar surface area (TPSA) is 101 Å². The van der Waals surface area contributed by atoms with Crippen LogP contribution >= 0.6 is 23.2 Å². The highest BCUT2D eigenvalue weighted by Crippen LogP contribution is 2.35. The average Bonchev–Trinajstić information content (AvgIpc) is 3.05. The molecule has 0 spiro atoms. The predicted molar refractivity (Wildman–Crippen MR) is 172 cm³/mol. The number of rotatable bonds is 11. The van der Waals surface area contributed by atoms with E-state index in [1.165, 1.54) is 6.07 Å². The van der Waals surface area contributed by atoms with E-state index in [2.05, 4.69) is 10.3 Å². The summed E-state index contributed by atoms with van der Waals surface area (Å²) in [5.74, 6) is 0.268. The molecule has 0 saturated carbocycles. The van der Waals surface area contributed by atoms with Crippen molar-refractivity contribution in [1.29, 1.82) is 0 Å². The molecule has 1 atom stereocenters. The molecular formula is C35H31Cl2FN2O5. The highest BCUT2D eigenvalue weighted by Gasteiger charge is 2.24. The minimum atomic E-state index is -0.718. The maximum absolute atomic E-state index is 13.9. The Hall–Kier alpha value is -4.63. The molecule has 4 aromatic carbocycles. The zero-order chi connectivity index (χ0) is 31.1. The number of halogens is 3. The number of aromatic amines is 1. The van der Waals surface area contributed by atoms with Crippen LogP contribution in [0.3, 0.4) is 0 Å². The van der Waals surface area contributed by atoms with Gasteiger partial charge in [-0.15, -0.1) is 0 Å². The Morgan fingerprint density at radius 2 is 1.47 bits per heavy atom. The molecule has 0 aliphatic heterocycles. The summed E-state index contributed by atoms with van der Waals surface area (Å²) in [6.45, 7) is 0.491. The average molecular weight is 650 g/mol. The SMILES string of the molecule is COc1ccc([C@H](Cc2c(Cl)c[nH+]cc2Cl)OC(=O)c2ccc(-c3ccc(CNc4ccccc4F)cc3)cc2)cc1OC.[OH-]. The first-order valence-electron chi connectivity index (χ1n) is 13.8. The zero-order valence-corrected chi connectivity index (χ0v) is 26.0. The van der Waals surface area contributed by atoms with E-state index in [9.17, 15) is 9.18 Å². The van der Waals surface area contributed by atoms with Gasteiger partial charge in [-0.1, -0.05) is 77.8 Å². The minimum absolute atomic E-state index is 0. The van der Waals surface area contributed by atoms with Crippen LogP contribution in [0, 0.1) is 5.82 Å². The van der Waals surface area contributed by atoms with Crippen molar-refractivity contribution in [3.05, 3.63) is 142 Å². The van der Waals surface area contributed by atoms with Gasteiger partial charge in [0.2, 0.25) is 0 Å². The quantitative estimate of drug-likeness (QED) is 0.145. The third kappa shape index (κ3) is 8.10. The first kappa shape index (κ1) is 33.3. The van der Waals surface area contributed by atoms with Gasteiger partial charge in [-0.2, -0.15) is 0 Å². The molecule has 0 fully saturated rings. The van der Waals surface area contributed by atoms with Gasteiger partial charge in [0.15, 0.2) is 23.9 Å². The van der Waals surface area contributed by atoms with Crippen molar-refractivity contribution in [2.24, 2.45) is 0 Å².